The van der Waals surface area contributed by atoms with Gasteiger partial charge in [-0.15, -0.1) is 0 Å². The van der Waals surface area contributed by atoms with Crippen LogP contribution in [0.1, 0.15) is 29.0 Å². The molecule has 6 heteroatoms. The lowest BCUT2D eigenvalue weighted by molar-refractivity contribution is 0.177. The van der Waals surface area contributed by atoms with E-state index in [-0.39, 0.29) is 5.82 Å². The minimum absolute atomic E-state index is 0.353. The Morgan fingerprint density at radius 2 is 2.18 bits per heavy atom. The second kappa shape index (κ2) is 4.64. The molecule has 0 saturated carbocycles. The van der Waals surface area contributed by atoms with E-state index >= 15 is 0 Å². The Bertz CT molecular complexity index is 880. The first-order chi connectivity index (χ1) is 10.6. The minimum atomic E-state index is -1.11. The van der Waals surface area contributed by atoms with Gasteiger partial charge >= 0.3 is 0 Å². The fourth-order valence-corrected chi connectivity index (χ4v) is 2.79. The second-order valence-electron chi connectivity index (χ2n) is 5.19. The van der Waals surface area contributed by atoms with Gasteiger partial charge in [-0.3, -0.25) is 4.57 Å². The lowest BCUT2D eigenvalue weighted by atomic mass is 10.0. The number of hydrogen-bond acceptors (Lipinski definition) is 3. The van der Waals surface area contributed by atoms with E-state index in [1.807, 2.05) is 19.1 Å². The summed E-state index contributed by atoms with van der Waals surface area (Å²) in [7, 11) is 0. The number of hydrogen-bond donors (Lipinski definition) is 2. The van der Waals surface area contributed by atoms with Crippen LogP contribution in [-0.4, -0.2) is 25.4 Å². The lowest BCUT2D eigenvalue weighted by Gasteiger charge is -2.12. The first-order valence-corrected chi connectivity index (χ1v) is 6.89. The summed E-state index contributed by atoms with van der Waals surface area (Å²) >= 11 is 0. The Morgan fingerprint density at radius 3 is 2.95 bits per heavy atom. The van der Waals surface area contributed by atoms with Crippen LogP contribution in [0, 0.1) is 12.7 Å². The molecule has 0 saturated heterocycles. The van der Waals surface area contributed by atoms with Crippen molar-refractivity contribution in [3.63, 3.8) is 0 Å². The highest BCUT2D eigenvalue weighted by Gasteiger charge is 2.26. The Kier molecular flexibility index (Phi) is 2.74. The van der Waals surface area contributed by atoms with Crippen molar-refractivity contribution in [2.24, 2.45) is 4.99 Å². The number of aliphatic hydroxyl groups is 1. The summed E-state index contributed by atoms with van der Waals surface area (Å²) in [6.45, 7) is 1.88. The number of aliphatic imine (C=N–C) groups is 1. The molecule has 1 aliphatic heterocycles. The molecule has 1 aliphatic rings. The molecule has 2 aromatic heterocycles. The monoisotopic (exact) mass is 296 g/mol. The number of nitrogens with one attached hydrogen (secondary N) is 1. The first-order valence-electron chi connectivity index (χ1n) is 6.89. The number of aryl methyl sites for hydroxylation is 1. The smallest absolute Gasteiger partial charge is 0.205 e. The van der Waals surface area contributed by atoms with Gasteiger partial charge in [0.2, 0.25) is 6.23 Å². The van der Waals surface area contributed by atoms with Crippen LogP contribution in [0.4, 0.5) is 4.39 Å². The van der Waals surface area contributed by atoms with E-state index < -0.39 is 6.23 Å². The van der Waals surface area contributed by atoms with E-state index in [0.29, 0.717) is 22.8 Å². The van der Waals surface area contributed by atoms with Crippen LogP contribution in [0.15, 0.2) is 47.7 Å². The van der Waals surface area contributed by atoms with Gasteiger partial charge in [0.05, 0.1) is 17.1 Å². The van der Waals surface area contributed by atoms with Crippen LogP contribution in [0.5, 0.6) is 0 Å². The van der Waals surface area contributed by atoms with Gasteiger partial charge in [-0.1, -0.05) is 0 Å². The molecular weight excluding hydrogens is 283 g/mol. The zero-order chi connectivity index (χ0) is 15.3. The molecular formula is C16H13FN4O. The maximum Gasteiger partial charge on any atom is 0.205 e. The standard InChI is InChI=1S/C16H13FN4O/c1-9-8-19-15-16(22)20-14(12-3-2-6-18-12)11-7-10(17)4-5-13(11)21(9)15/h2-8,16,18,22H,1H3. The van der Waals surface area contributed by atoms with Crippen molar-refractivity contribution in [3.8, 4) is 5.69 Å². The fraction of sp³-hybridized carbons (Fsp3) is 0.125. The highest BCUT2D eigenvalue weighted by molar-refractivity contribution is 6.14. The number of H-pyrrole nitrogens is 1. The molecule has 1 aromatic carbocycles. The number of fused-ring (bicyclic) bond motifs is 3. The van der Waals surface area contributed by atoms with Gasteiger partial charge in [-0.05, 0) is 37.3 Å². The molecule has 0 spiro atoms. The summed E-state index contributed by atoms with van der Waals surface area (Å²) in [6, 6.07) is 8.17. The van der Waals surface area contributed by atoms with Crippen molar-refractivity contribution in [2.45, 2.75) is 13.2 Å². The first kappa shape index (κ1) is 13.0. The molecule has 110 valence electrons. The van der Waals surface area contributed by atoms with Crippen LogP contribution in [0.2, 0.25) is 0 Å². The van der Waals surface area contributed by atoms with Crippen LogP contribution >= 0.6 is 0 Å². The van der Waals surface area contributed by atoms with Crippen molar-refractivity contribution in [3.05, 3.63) is 71.3 Å². The quantitative estimate of drug-likeness (QED) is 0.724. The molecule has 0 amide bonds. The molecule has 3 aromatic rings. The zero-order valence-electron chi connectivity index (χ0n) is 11.8. The van der Waals surface area contributed by atoms with Gasteiger partial charge < -0.3 is 10.1 Å². The molecule has 0 fully saturated rings. The van der Waals surface area contributed by atoms with E-state index in [9.17, 15) is 9.50 Å². The van der Waals surface area contributed by atoms with Crippen molar-refractivity contribution in [2.75, 3.05) is 0 Å². The number of aliphatic hydroxyl groups excluding tert-OH is 1. The van der Waals surface area contributed by atoms with E-state index in [1.54, 1.807) is 23.0 Å². The molecule has 0 aliphatic carbocycles. The summed E-state index contributed by atoms with van der Waals surface area (Å²) in [4.78, 5) is 11.6. The predicted octanol–water partition coefficient (Wildman–Crippen LogP) is 2.49. The van der Waals surface area contributed by atoms with E-state index in [1.165, 1.54) is 12.1 Å². The average molecular weight is 296 g/mol. The summed E-state index contributed by atoms with van der Waals surface area (Å²) < 4.78 is 15.6. The number of aromatic nitrogens is 3. The van der Waals surface area contributed by atoms with Crippen LogP contribution in [0.25, 0.3) is 5.69 Å². The number of aromatic amines is 1. The number of halogens is 1. The van der Waals surface area contributed by atoms with E-state index in [0.717, 1.165) is 11.4 Å². The van der Waals surface area contributed by atoms with Gasteiger partial charge in [0.1, 0.15) is 5.82 Å². The Balaban J connectivity index is 2.07. The maximum atomic E-state index is 13.8. The second-order valence-corrected chi connectivity index (χ2v) is 5.19. The highest BCUT2D eigenvalue weighted by atomic mass is 19.1. The van der Waals surface area contributed by atoms with Gasteiger partial charge in [-0.25, -0.2) is 14.4 Å². The number of nitrogens with zero attached hydrogens (tertiary/aromatic N) is 3. The van der Waals surface area contributed by atoms with Crippen molar-refractivity contribution >= 4 is 5.71 Å². The van der Waals surface area contributed by atoms with E-state index in [2.05, 4.69) is 15.0 Å². The topological polar surface area (TPSA) is 66.2 Å². The number of benzene rings is 1. The predicted molar refractivity (Wildman–Crippen MR) is 79.7 cm³/mol. The zero-order valence-corrected chi connectivity index (χ0v) is 11.8. The third kappa shape index (κ3) is 1.81. The van der Waals surface area contributed by atoms with Crippen LogP contribution in [-0.2, 0) is 0 Å². The van der Waals surface area contributed by atoms with Crippen molar-refractivity contribution < 1.29 is 9.50 Å². The Hall–Kier alpha value is -2.73. The van der Waals surface area contributed by atoms with Crippen LogP contribution in [0.3, 0.4) is 0 Å². The molecule has 1 unspecified atom stereocenters. The summed E-state index contributed by atoms with van der Waals surface area (Å²) in [5.74, 6) is 0.0700. The largest absolute Gasteiger partial charge is 0.365 e. The van der Waals surface area contributed by atoms with Crippen LogP contribution < -0.4 is 0 Å². The minimum Gasteiger partial charge on any atom is -0.365 e. The maximum absolute atomic E-state index is 13.8. The van der Waals surface area contributed by atoms with Gasteiger partial charge in [0.25, 0.3) is 0 Å². The molecule has 2 N–H and O–H groups in total. The summed E-state index contributed by atoms with van der Waals surface area (Å²) in [6.07, 6.45) is 2.32. The van der Waals surface area contributed by atoms with Crippen molar-refractivity contribution in [1.82, 2.24) is 14.5 Å². The van der Waals surface area contributed by atoms with Gasteiger partial charge in [0, 0.05) is 23.7 Å². The SMILES string of the molecule is Cc1cnc2n1-c1ccc(F)cc1C(c1ccc[nH]1)=NC2O. The Labute approximate surface area is 125 Å². The molecule has 0 radical (unpaired) electrons. The van der Waals surface area contributed by atoms with Gasteiger partial charge in [0.15, 0.2) is 5.82 Å². The highest BCUT2D eigenvalue weighted by Crippen LogP contribution is 2.30. The summed E-state index contributed by atoms with van der Waals surface area (Å²) in [5.41, 5.74) is 3.44. The molecule has 22 heavy (non-hydrogen) atoms. The third-order valence-corrected chi connectivity index (χ3v) is 3.76. The third-order valence-electron chi connectivity index (χ3n) is 3.76. The van der Waals surface area contributed by atoms with Crippen molar-refractivity contribution in [1.29, 1.82) is 0 Å². The number of rotatable bonds is 1. The molecule has 3 heterocycles. The summed E-state index contributed by atoms with van der Waals surface area (Å²) in [5, 5.41) is 10.4. The molecule has 1 atom stereocenters. The normalized spacial score (nSPS) is 16.7. The molecule has 4 rings (SSSR count). The molecule has 0 bridgehead atoms. The lowest BCUT2D eigenvalue weighted by Crippen LogP contribution is -2.08. The fourth-order valence-electron chi connectivity index (χ4n) is 2.79. The Morgan fingerprint density at radius 1 is 1.32 bits per heavy atom. The molecule has 5 nitrogen and oxygen atoms in total. The van der Waals surface area contributed by atoms with E-state index in [4.69, 9.17) is 0 Å². The average Bonchev–Trinajstić information content (AvgIpc) is 3.12. The number of imidazole rings is 1. The van der Waals surface area contributed by atoms with Gasteiger partial charge in [-0.2, -0.15) is 0 Å².